The van der Waals surface area contributed by atoms with E-state index in [0.29, 0.717) is 13.0 Å². The van der Waals surface area contributed by atoms with Crippen molar-refractivity contribution >= 4 is 17.2 Å². The first-order valence-corrected chi connectivity index (χ1v) is 9.74. The van der Waals surface area contributed by atoms with Crippen molar-refractivity contribution in [1.29, 1.82) is 0 Å². The van der Waals surface area contributed by atoms with E-state index >= 15 is 0 Å². The zero-order chi connectivity index (χ0) is 16.4. The van der Waals surface area contributed by atoms with Crippen molar-refractivity contribution in [2.24, 2.45) is 0 Å². The number of carbonyl (C=O) groups excluding carboxylic acids is 1. The molecule has 0 aliphatic carbocycles. The van der Waals surface area contributed by atoms with E-state index in [0.717, 1.165) is 63.6 Å². The molecular weight excluding hydrogens is 326 g/mol. The Kier molecular flexibility index (Phi) is 4.85. The number of hydrogen-bond acceptors (Lipinski definition) is 6. The molecule has 6 nitrogen and oxygen atoms in total. The number of thiazole rings is 1. The number of amides is 1. The van der Waals surface area contributed by atoms with Crippen molar-refractivity contribution in [3.05, 3.63) is 16.6 Å². The van der Waals surface area contributed by atoms with E-state index in [2.05, 4.69) is 9.88 Å². The quantitative estimate of drug-likeness (QED) is 0.823. The first-order chi connectivity index (χ1) is 11.7. The number of hydrogen-bond donors (Lipinski definition) is 0. The highest BCUT2D eigenvalue weighted by molar-refractivity contribution is 7.09. The molecule has 24 heavy (non-hydrogen) atoms. The van der Waals surface area contributed by atoms with Crippen LogP contribution in [0, 0.1) is 0 Å². The SMILES string of the molecule is O=C1CCCN1C[C@@H]1CC[C@@]2(COCCN(Cc3nccs3)C2)O1. The molecule has 1 spiro atoms. The predicted molar refractivity (Wildman–Crippen MR) is 90.9 cm³/mol. The topological polar surface area (TPSA) is 54.9 Å². The molecule has 0 saturated carbocycles. The molecule has 2 atom stereocenters. The Balaban J connectivity index is 1.37. The Bertz CT molecular complexity index is 567. The number of ether oxygens (including phenoxy) is 2. The van der Waals surface area contributed by atoms with Crippen LogP contribution in [0.2, 0.25) is 0 Å². The van der Waals surface area contributed by atoms with E-state index in [1.54, 1.807) is 11.3 Å². The van der Waals surface area contributed by atoms with Gasteiger partial charge in [-0.3, -0.25) is 9.69 Å². The average molecular weight is 351 g/mol. The standard InChI is InChI=1S/C17H25N3O3S/c21-16-2-1-6-20(16)10-14-3-4-17(23-14)12-19(7-8-22-13-17)11-15-18-5-9-24-15/h5,9,14H,1-4,6-8,10-13H2/t14-,17+/m0/s1. The van der Waals surface area contributed by atoms with Gasteiger partial charge in [0.1, 0.15) is 10.6 Å². The molecule has 0 aromatic carbocycles. The second kappa shape index (κ2) is 7.07. The van der Waals surface area contributed by atoms with Crippen LogP contribution in [0.3, 0.4) is 0 Å². The van der Waals surface area contributed by atoms with Crippen molar-refractivity contribution in [2.45, 2.75) is 43.9 Å². The molecule has 4 heterocycles. The van der Waals surface area contributed by atoms with Gasteiger partial charge in [0.2, 0.25) is 5.91 Å². The van der Waals surface area contributed by atoms with Gasteiger partial charge < -0.3 is 14.4 Å². The highest BCUT2D eigenvalue weighted by atomic mass is 32.1. The first-order valence-electron chi connectivity index (χ1n) is 8.87. The Morgan fingerprint density at radius 2 is 2.38 bits per heavy atom. The number of rotatable bonds is 4. The summed E-state index contributed by atoms with van der Waals surface area (Å²) in [5.74, 6) is 0.280. The molecular formula is C17H25N3O3S. The molecule has 1 aromatic heterocycles. The van der Waals surface area contributed by atoms with Gasteiger partial charge in [0, 0.05) is 44.2 Å². The highest BCUT2D eigenvalue weighted by Gasteiger charge is 2.44. The van der Waals surface area contributed by atoms with E-state index in [9.17, 15) is 4.79 Å². The fourth-order valence-corrected chi connectivity index (χ4v) is 4.69. The van der Waals surface area contributed by atoms with Crippen molar-refractivity contribution in [3.8, 4) is 0 Å². The largest absolute Gasteiger partial charge is 0.377 e. The summed E-state index contributed by atoms with van der Waals surface area (Å²) in [7, 11) is 0. The van der Waals surface area contributed by atoms with Gasteiger partial charge in [-0.05, 0) is 19.3 Å². The predicted octanol–water partition coefficient (Wildman–Crippen LogP) is 1.52. The molecule has 0 N–H and O–H groups in total. The van der Waals surface area contributed by atoms with Gasteiger partial charge in [0.15, 0.2) is 0 Å². The van der Waals surface area contributed by atoms with Crippen LogP contribution < -0.4 is 0 Å². The summed E-state index contributed by atoms with van der Waals surface area (Å²) in [6.45, 7) is 5.70. The Hall–Kier alpha value is -1.02. The maximum atomic E-state index is 11.8. The molecule has 3 aliphatic rings. The maximum absolute atomic E-state index is 11.8. The third-order valence-corrected chi connectivity index (χ3v) is 5.97. The summed E-state index contributed by atoms with van der Waals surface area (Å²) in [5, 5.41) is 3.17. The van der Waals surface area contributed by atoms with Gasteiger partial charge in [-0.1, -0.05) is 0 Å². The highest BCUT2D eigenvalue weighted by Crippen LogP contribution is 2.34. The van der Waals surface area contributed by atoms with E-state index in [1.165, 1.54) is 0 Å². The van der Waals surface area contributed by atoms with Gasteiger partial charge in [0.25, 0.3) is 0 Å². The van der Waals surface area contributed by atoms with Crippen LogP contribution in [-0.2, 0) is 20.8 Å². The second-order valence-corrected chi connectivity index (χ2v) is 8.07. The molecule has 0 radical (unpaired) electrons. The summed E-state index contributed by atoms with van der Waals surface area (Å²) in [5.41, 5.74) is -0.221. The van der Waals surface area contributed by atoms with Gasteiger partial charge in [0.05, 0.1) is 25.9 Å². The monoisotopic (exact) mass is 351 g/mol. The summed E-state index contributed by atoms with van der Waals surface area (Å²) in [4.78, 5) is 20.6. The molecule has 1 aromatic rings. The third kappa shape index (κ3) is 3.64. The van der Waals surface area contributed by atoms with Crippen molar-refractivity contribution < 1.29 is 14.3 Å². The number of likely N-dealkylation sites (tertiary alicyclic amines) is 1. The van der Waals surface area contributed by atoms with Crippen LogP contribution in [-0.4, -0.2) is 71.8 Å². The lowest BCUT2D eigenvalue weighted by atomic mass is 10.00. The molecule has 132 valence electrons. The van der Waals surface area contributed by atoms with E-state index < -0.39 is 0 Å². The summed E-state index contributed by atoms with van der Waals surface area (Å²) in [6, 6.07) is 0. The molecule has 7 heteroatoms. The molecule has 0 bridgehead atoms. The van der Waals surface area contributed by atoms with Gasteiger partial charge in [-0.2, -0.15) is 0 Å². The lowest BCUT2D eigenvalue weighted by Crippen LogP contribution is -2.45. The first kappa shape index (κ1) is 16.4. The van der Waals surface area contributed by atoms with Crippen LogP contribution >= 0.6 is 11.3 Å². The smallest absolute Gasteiger partial charge is 0.222 e. The van der Waals surface area contributed by atoms with Crippen LogP contribution in [0.15, 0.2) is 11.6 Å². The van der Waals surface area contributed by atoms with Crippen LogP contribution in [0.25, 0.3) is 0 Å². The van der Waals surface area contributed by atoms with Crippen molar-refractivity contribution in [1.82, 2.24) is 14.8 Å². The minimum absolute atomic E-state index is 0.149. The molecule has 3 fully saturated rings. The van der Waals surface area contributed by atoms with E-state index in [1.807, 2.05) is 16.5 Å². The lowest BCUT2D eigenvalue weighted by Gasteiger charge is -2.32. The van der Waals surface area contributed by atoms with Crippen LogP contribution in [0.4, 0.5) is 0 Å². The van der Waals surface area contributed by atoms with Gasteiger partial charge in [-0.25, -0.2) is 4.98 Å². The maximum Gasteiger partial charge on any atom is 0.222 e. The fraction of sp³-hybridized carbons (Fsp3) is 0.765. The fourth-order valence-electron chi connectivity index (χ4n) is 4.03. The number of aromatic nitrogens is 1. The Labute approximate surface area is 146 Å². The minimum atomic E-state index is -0.221. The summed E-state index contributed by atoms with van der Waals surface area (Å²) in [6.07, 6.45) is 5.71. The molecule has 1 amide bonds. The van der Waals surface area contributed by atoms with Crippen LogP contribution in [0.1, 0.15) is 30.7 Å². The minimum Gasteiger partial charge on any atom is -0.377 e. The lowest BCUT2D eigenvalue weighted by molar-refractivity contribution is -0.132. The third-order valence-electron chi connectivity index (χ3n) is 5.21. The van der Waals surface area contributed by atoms with Crippen molar-refractivity contribution in [2.75, 3.05) is 39.4 Å². The molecule has 0 unspecified atom stereocenters. The summed E-state index contributed by atoms with van der Waals surface area (Å²) < 4.78 is 12.3. The van der Waals surface area contributed by atoms with Crippen LogP contribution in [0.5, 0.6) is 0 Å². The van der Waals surface area contributed by atoms with Crippen molar-refractivity contribution in [3.63, 3.8) is 0 Å². The number of nitrogens with zero attached hydrogens (tertiary/aromatic N) is 3. The number of carbonyl (C=O) groups is 1. The zero-order valence-electron chi connectivity index (χ0n) is 14.0. The normalized spacial score (nSPS) is 31.9. The Morgan fingerprint density at radius 1 is 1.42 bits per heavy atom. The Morgan fingerprint density at radius 3 is 3.17 bits per heavy atom. The zero-order valence-corrected chi connectivity index (χ0v) is 14.8. The summed E-state index contributed by atoms with van der Waals surface area (Å²) >= 11 is 1.70. The van der Waals surface area contributed by atoms with E-state index in [4.69, 9.17) is 9.47 Å². The second-order valence-electron chi connectivity index (χ2n) is 7.09. The van der Waals surface area contributed by atoms with E-state index in [-0.39, 0.29) is 17.6 Å². The van der Waals surface area contributed by atoms with Gasteiger partial charge >= 0.3 is 0 Å². The average Bonchev–Trinajstić information content (AvgIpc) is 3.26. The molecule has 4 rings (SSSR count). The van der Waals surface area contributed by atoms with Gasteiger partial charge in [-0.15, -0.1) is 11.3 Å². The molecule has 3 aliphatic heterocycles. The molecule has 3 saturated heterocycles.